The number of methoxy groups -OCH3 is 1. The van der Waals surface area contributed by atoms with Crippen LogP contribution in [0.5, 0.6) is 17.2 Å². The van der Waals surface area contributed by atoms with Crippen LogP contribution in [0.15, 0.2) is 36.9 Å². The van der Waals surface area contributed by atoms with Crippen molar-refractivity contribution in [1.82, 2.24) is 0 Å². The lowest BCUT2D eigenvalue weighted by atomic mass is 10.0. The lowest BCUT2D eigenvalue weighted by molar-refractivity contribution is 0.415. The van der Waals surface area contributed by atoms with Crippen molar-refractivity contribution in [2.45, 2.75) is 6.42 Å². The van der Waals surface area contributed by atoms with Crippen LogP contribution >= 0.6 is 0 Å². The summed E-state index contributed by atoms with van der Waals surface area (Å²) in [4.78, 5) is 0. The maximum Gasteiger partial charge on any atom is 0.130 e. The lowest BCUT2D eigenvalue weighted by Crippen LogP contribution is -1.89. The number of hydrogen-bond acceptors (Lipinski definition) is 3. The fourth-order valence-electron chi connectivity index (χ4n) is 1.95. The Morgan fingerprint density at radius 1 is 1.35 bits per heavy atom. The number of phenolic OH excluding ortho intramolecular Hbond substituents is 2. The first-order valence-corrected chi connectivity index (χ1v) is 5.30. The molecular weight excluding hydrogens is 216 g/mol. The SMILES string of the molecule is C=CCc1cc(O)c2c(OC)cccc2c1O. The molecule has 17 heavy (non-hydrogen) atoms. The zero-order valence-electron chi connectivity index (χ0n) is 9.60. The molecule has 0 heterocycles. The summed E-state index contributed by atoms with van der Waals surface area (Å²) in [7, 11) is 1.53. The summed E-state index contributed by atoms with van der Waals surface area (Å²) in [6.07, 6.45) is 2.19. The Hall–Kier alpha value is -2.16. The highest BCUT2D eigenvalue weighted by molar-refractivity contribution is 5.98. The first kappa shape index (κ1) is 11.3. The van der Waals surface area contributed by atoms with Gasteiger partial charge in [0.05, 0.1) is 12.5 Å². The second-order valence-corrected chi connectivity index (χ2v) is 3.78. The monoisotopic (exact) mass is 230 g/mol. The van der Waals surface area contributed by atoms with Crippen LogP contribution in [-0.2, 0) is 6.42 Å². The Morgan fingerprint density at radius 3 is 2.76 bits per heavy atom. The van der Waals surface area contributed by atoms with E-state index in [1.54, 1.807) is 30.3 Å². The average Bonchev–Trinajstić information content (AvgIpc) is 2.35. The topological polar surface area (TPSA) is 49.7 Å². The van der Waals surface area contributed by atoms with Gasteiger partial charge in [-0.05, 0) is 18.6 Å². The molecule has 0 aromatic heterocycles. The van der Waals surface area contributed by atoms with Gasteiger partial charge < -0.3 is 14.9 Å². The molecule has 0 aliphatic carbocycles. The molecule has 3 heteroatoms. The highest BCUT2D eigenvalue weighted by Gasteiger charge is 2.13. The van der Waals surface area contributed by atoms with Crippen molar-refractivity contribution in [3.8, 4) is 17.2 Å². The minimum absolute atomic E-state index is 0.104. The molecule has 2 rings (SSSR count). The quantitative estimate of drug-likeness (QED) is 0.629. The molecule has 0 fully saturated rings. The van der Waals surface area contributed by atoms with Gasteiger partial charge in [0.1, 0.15) is 17.2 Å². The number of allylic oxidation sites excluding steroid dienone is 1. The summed E-state index contributed by atoms with van der Waals surface area (Å²) in [5, 5.41) is 21.2. The lowest BCUT2D eigenvalue weighted by Gasteiger charge is -2.11. The molecule has 3 nitrogen and oxygen atoms in total. The van der Waals surface area contributed by atoms with Crippen LogP contribution in [0, 0.1) is 0 Å². The van der Waals surface area contributed by atoms with Gasteiger partial charge in [-0.3, -0.25) is 0 Å². The van der Waals surface area contributed by atoms with E-state index in [4.69, 9.17) is 4.74 Å². The summed E-state index contributed by atoms with van der Waals surface area (Å²) in [5.41, 5.74) is 0.651. The Balaban J connectivity index is 2.82. The van der Waals surface area contributed by atoms with Crippen molar-refractivity contribution in [3.05, 3.63) is 42.5 Å². The summed E-state index contributed by atoms with van der Waals surface area (Å²) in [6, 6.07) is 6.81. The van der Waals surface area contributed by atoms with Gasteiger partial charge in [-0.2, -0.15) is 0 Å². The van der Waals surface area contributed by atoms with Crippen molar-refractivity contribution in [1.29, 1.82) is 0 Å². The molecule has 0 unspecified atom stereocenters. The van der Waals surface area contributed by atoms with Gasteiger partial charge in [0.15, 0.2) is 0 Å². The molecule has 0 radical (unpaired) electrons. The first-order chi connectivity index (χ1) is 8.19. The smallest absolute Gasteiger partial charge is 0.130 e. The van der Waals surface area contributed by atoms with Crippen LogP contribution in [0.3, 0.4) is 0 Å². The van der Waals surface area contributed by atoms with Gasteiger partial charge in [0, 0.05) is 10.9 Å². The predicted octanol–water partition coefficient (Wildman–Crippen LogP) is 2.99. The standard InChI is InChI=1S/C14H14O3/c1-3-5-9-8-11(15)13-10(14(9)16)6-4-7-12(13)17-2/h3-4,6-8,15-16H,1,5H2,2H3. The second-order valence-electron chi connectivity index (χ2n) is 3.78. The summed E-state index contributed by atoms with van der Waals surface area (Å²) >= 11 is 0. The molecule has 0 atom stereocenters. The van der Waals surface area contributed by atoms with E-state index in [0.29, 0.717) is 28.5 Å². The number of phenols is 2. The molecule has 2 N–H and O–H groups in total. The third-order valence-corrected chi connectivity index (χ3v) is 2.74. The fraction of sp³-hybridized carbons (Fsp3) is 0.143. The Bertz CT molecular complexity index is 573. The van der Waals surface area contributed by atoms with Gasteiger partial charge >= 0.3 is 0 Å². The van der Waals surface area contributed by atoms with Crippen molar-refractivity contribution in [2.75, 3.05) is 7.11 Å². The molecule has 0 amide bonds. The van der Waals surface area contributed by atoms with Gasteiger partial charge in [-0.25, -0.2) is 0 Å². The Morgan fingerprint density at radius 2 is 2.12 bits per heavy atom. The Kier molecular flexibility index (Phi) is 2.91. The van der Waals surface area contributed by atoms with Crippen molar-refractivity contribution in [3.63, 3.8) is 0 Å². The van der Waals surface area contributed by atoms with Crippen molar-refractivity contribution < 1.29 is 14.9 Å². The van der Waals surface area contributed by atoms with E-state index in [9.17, 15) is 10.2 Å². The van der Waals surface area contributed by atoms with Crippen LogP contribution in [0.1, 0.15) is 5.56 Å². The van der Waals surface area contributed by atoms with E-state index in [2.05, 4.69) is 6.58 Å². The maximum atomic E-state index is 10.1. The number of rotatable bonds is 3. The van der Waals surface area contributed by atoms with E-state index >= 15 is 0 Å². The molecule has 0 aliphatic rings. The van der Waals surface area contributed by atoms with Gasteiger partial charge in [-0.1, -0.05) is 18.2 Å². The molecule has 88 valence electrons. The van der Waals surface area contributed by atoms with E-state index in [1.807, 2.05) is 0 Å². The maximum absolute atomic E-state index is 10.1. The van der Waals surface area contributed by atoms with E-state index in [-0.39, 0.29) is 11.5 Å². The number of ether oxygens (including phenoxy) is 1. The highest BCUT2D eigenvalue weighted by Crippen LogP contribution is 2.40. The van der Waals surface area contributed by atoms with Gasteiger partial charge in [-0.15, -0.1) is 6.58 Å². The molecule has 2 aromatic carbocycles. The summed E-state index contributed by atoms with van der Waals surface area (Å²) in [6.45, 7) is 3.62. The van der Waals surface area contributed by atoms with Crippen molar-refractivity contribution in [2.24, 2.45) is 0 Å². The summed E-state index contributed by atoms with van der Waals surface area (Å²) < 4.78 is 5.17. The number of hydrogen-bond donors (Lipinski definition) is 2. The Labute approximate surface area is 99.6 Å². The van der Waals surface area contributed by atoms with Gasteiger partial charge in [0.25, 0.3) is 0 Å². The fourth-order valence-corrected chi connectivity index (χ4v) is 1.95. The number of benzene rings is 2. The van der Waals surface area contributed by atoms with E-state index in [1.165, 1.54) is 7.11 Å². The third kappa shape index (κ3) is 1.80. The molecule has 0 spiro atoms. The third-order valence-electron chi connectivity index (χ3n) is 2.74. The van der Waals surface area contributed by atoms with Crippen LogP contribution in [0.25, 0.3) is 10.8 Å². The zero-order chi connectivity index (χ0) is 12.4. The average molecular weight is 230 g/mol. The highest BCUT2D eigenvalue weighted by atomic mass is 16.5. The summed E-state index contributed by atoms with van der Waals surface area (Å²) in [5.74, 6) is 0.809. The van der Waals surface area contributed by atoms with E-state index < -0.39 is 0 Å². The van der Waals surface area contributed by atoms with Crippen LogP contribution in [0.4, 0.5) is 0 Å². The molecule has 2 aromatic rings. The number of fused-ring (bicyclic) bond motifs is 1. The molecule has 0 saturated carbocycles. The normalized spacial score (nSPS) is 10.4. The first-order valence-electron chi connectivity index (χ1n) is 5.30. The molecule has 0 bridgehead atoms. The van der Waals surface area contributed by atoms with Crippen LogP contribution < -0.4 is 4.74 Å². The number of aromatic hydroxyl groups is 2. The zero-order valence-corrected chi connectivity index (χ0v) is 9.60. The molecule has 0 aliphatic heterocycles. The van der Waals surface area contributed by atoms with Crippen LogP contribution in [-0.4, -0.2) is 17.3 Å². The molecular formula is C14H14O3. The van der Waals surface area contributed by atoms with Crippen molar-refractivity contribution >= 4 is 10.8 Å². The second kappa shape index (κ2) is 4.37. The van der Waals surface area contributed by atoms with Gasteiger partial charge in [0.2, 0.25) is 0 Å². The molecule has 0 saturated heterocycles. The minimum Gasteiger partial charge on any atom is -0.507 e. The largest absolute Gasteiger partial charge is 0.507 e. The van der Waals surface area contributed by atoms with E-state index in [0.717, 1.165) is 0 Å². The predicted molar refractivity (Wildman–Crippen MR) is 67.7 cm³/mol. The minimum atomic E-state index is 0.104. The van der Waals surface area contributed by atoms with Crippen LogP contribution in [0.2, 0.25) is 0 Å².